The first-order valence-corrected chi connectivity index (χ1v) is 5.79. The highest BCUT2D eigenvalue weighted by Gasteiger charge is 2.22. The number of methoxy groups -OCH3 is 1. The lowest BCUT2D eigenvalue weighted by atomic mass is 10.2. The van der Waals surface area contributed by atoms with Crippen LogP contribution >= 0.6 is 0 Å². The van der Waals surface area contributed by atoms with Crippen LogP contribution < -0.4 is 4.74 Å². The highest BCUT2D eigenvalue weighted by Crippen LogP contribution is 2.31. The molecule has 0 saturated heterocycles. The minimum atomic E-state index is -3.02. The number of para-hydroxylation sites is 1. The lowest BCUT2D eigenvalue weighted by molar-refractivity contribution is -0.0495. The summed E-state index contributed by atoms with van der Waals surface area (Å²) in [6.45, 7) is -3.10. The maximum absolute atomic E-state index is 12.4. The molecule has 0 radical (unpaired) electrons. The number of nitrogens with zero attached hydrogens (tertiary/aromatic N) is 1. The summed E-state index contributed by atoms with van der Waals surface area (Å²) in [5.74, 6) is -2.02. The lowest BCUT2D eigenvalue weighted by Crippen LogP contribution is -2.03. The molecule has 0 bridgehead atoms. The van der Waals surface area contributed by atoms with Crippen LogP contribution in [0, 0.1) is 0 Å². The van der Waals surface area contributed by atoms with Crippen LogP contribution in [-0.2, 0) is 11.3 Å². The van der Waals surface area contributed by atoms with Gasteiger partial charge in [-0.05, 0) is 12.1 Å². The van der Waals surface area contributed by atoms with Crippen molar-refractivity contribution in [2.24, 2.45) is 0 Å². The van der Waals surface area contributed by atoms with Crippen molar-refractivity contribution >= 4 is 5.97 Å². The van der Waals surface area contributed by atoms with Crippen LogP contribution in [0.15, 0.2) is 28.7 Å². The maximum Gasteiger partial charge on any atom is 0.387 e. The largest absolute Gasteiger partial charge is 0.475 e. The number of hydrogen-bond acceptors (Lipinski definition) is 5. The quantitative estimate of drug-likeness (QED) is 0.883. The zero-order valence-corrected chi connectivity index (χ0v) is 10.9. The summed E-state index contributed by atoms with van der Waals surface area (Å²) < 4.78 is 39.0. The van der Waals surface area contributed by atoms with Crippen molar-refractivity contribution in [2.75, 3.05) is 7.11 Å². The summed E-state index contributed by atoms with van der Waals surface area (Å²) in [5.41, 5.74) is 0.189. The van der Waals surface area contributed by atoms with E-state index in [2.05, 4.69) is 9.72 Å². The van der Waals surface area contributed by atoms with Gasteiger partial charge < -0.3 is 19.0 Å². The lowest BCUT2D eigenvalue weighted by Gasteiger charge is -2.07. The van der Waals surface area contributed by atoms with E-state index in [4.69, 9.17) is 14.3 Å². The van der Waals surface area contributed by atoms with Gasteiger partial charge in [0.05, 0.1) is 12.2 Å². The summed E-state index contributed by atoms with van der Waals surface area (Å²) in [5, 5.41) is 9.03. The number of rotatable bonds is 6. The van der Waals surface area contributed by atoms with Gasteiger partial charge in [-0.15, -0.1) is 0 Å². The standard InChI is InChI=1S/C13H11F2NO5/c1-19-6-8-10(12(17)18)21-11(16-8)7-4-2-3-5-9(7)20-13(14)15/h2-5,13H,6H2,1H3,(H,17,18). The van der Waals surface area contributed by atoms with Gasteiger partial charge >= 0.3 is 12.6 Å². The number of carbonyl (C=O) groups is 1. The molecule has 0 saturated carbocycles. The zero-order valence-electron chi connectivity index (χ0n) is 10.9. The number of ether oxygens (including phenoxy) is 2. The van der Waals surface area contributed by atoms with Gasteiger partial charge in [0.2, 0.25) is 11.7 Å². The molecule has 2 aromatic rings. The number of aromatic nitrogens is 1. The second-order valence-corrected chi connectivity index (χ2v) is 3.91. The van der Waals surface area contributed by atoms with Crippen molar-refractivity contribution in [1.82, 2.24) is 4.98 Å². The summed E-state index contributed by atoms with van der Waals surface area (Å²) in [6.07, 6.45) is 0. The second-order valence-electron chi connectivity index (χ2n) is 3.91. The molecule has 1 aromatic heterocycles. The van der Waals surface area contributed by atoms with Gasteiger partial charge in [-0.1, -0.05) is 12.1 Å². The average Bonchev–Trinajstić information content (AvgIpc) is 2.83. The van der Waals surface area contributed by atoms with Crippen molar-refractivity contribution in [3.8, 4) is 17.2 Å². The van der Waals surface area contributed by atoms with Crippen molar-refractivity contribution in [3.63, 3.8) is 0 Å². The Hall–Kier alpha value is -2.48. The van der Waals surface area contributed by atoms with E-state index in [1.54, 1.807) is 6.07 Å². The SMILES string of the molecule is COCc1nc(-c2ccccc2OC(F)F)oc1C(=O)O. The van der Waals surface area contributed by atoms with Crippen LogP contribution in [0.4, 0.5) is 8.78 Å². The summed E-state index contributed by atoms with van der Waals surface area (Å²) in [4.78, 5) is 15.0. The molecule has 0 aliphatic rings. The number of carboxylic acid groups (broad SMARTS) is 1. The number of oxazole rings is 1. The average molecular weight is 299 g/mol. The molecule has 6 nitrogen and oxygen atoms in total. The molecule has 2 rings (SSSR count). The summed E-state index contributed by atoms with van der Waals surface area (Å²) >= 11 is 0. The topological polar surface area (TPSA) is 81.8 Å². The van der Waals surface area contributed by atoms with E-state index >= 15 is 0 Å². The van der Waals surface area contributed by atoms with Gasteiger partial charge in [0.25, 0.3) is 0 Å². The molecule has 0 spiro atoms. The molecule has 0 amide bonds. The van der Waals surface area contributed by atoms with Crippen molar-refractivity contribution < 1.29 is 32.6 Å². The smallest absolute Gasteiger partial charge is 0.387 e. The third-order valence-electron chi connectivity index (χ3n) is 2.51. The van der Waals surface area contributed by atoms with Gasteiger partial charge in [0.1, 0.15) is 11.4 Å². The van der Waals surface area contributed by atoms with Crippen molar-refractivity contribution in [3.05, 3.63) is 35.7 Å². The van der Waals surface area contributed by atoms with Gasteiger partial charge in [0, 0.05) is 7.11 Å². The molecule has 112 valence electrons. The second kappa shape index (κ2) is 6.31. The van der Waals surface area contributed by atoms with Gasteiger partial charge in [-0.25, -0.2) is 9.78 Å². The first-order valence-electron chi connectivity index (χ1n) is 5.79. The number of carboxylic acids is 1. The first kappa shape index (κ1) is 14.9. The van der Waals surface area contributed by atoms with E-state index in [0.29, 0.717) is 0 Å². The Morgan fingerprint density at radius 2 is 2.14 bits per heavy atom. The van der Waals surface area contributed by atoms with Crippen LogP contribution in [0.3, 0.4) is 0 Å². The first-order chi connectivity index (χ1) is 10.0. The number of aromatic carboxylic acids is 1. The van der Waals surface area contributed by atoms with Crippen molar-refractivity contribution in [2.45, 2.75) is 13.2 Å². The Bertz CT molecular complexity index is 641. The summed E-state index contributed by atoms with van der Waals surface area (Å²) in [6, 6.07) is 5.81. The molecule has 0 fully saturated rings. The minimum Gasteiger partial charge on any atom is -0.475 e. The van der Waals surface area contributed by atoms with Crippen molar-refractivity contribution in [1.29, 1.82) is 0 Å². The van der Waals surface area contributed by atoms with E-state index in [1.807, 2.05) is 0 Å². The molecule has 1 heterocycles. The van der Waals surface area contributed by atoms with Gasteiger partial charge in [0.15, 0.2) is 0 Å². The molecule has 0 aliphatic carbocycles. The number of hydrogen-bond donors (Lipinski definition) is 1. The van der Waals surface area contributed by atoms with E-state index in [1.165, 1.54) is 25.3 Å². The highest BCUT2D eigenvalue weighted by molar-refractivity contribution is 5.86. The maximum atomic E-state index is 12.4. The third kappa shape index (κ3) is 3.34. The van der Waals surface area contributed by atoms with Crippen LogP contribution in [-0.4, -0.2) is 29.8 Å². The molecule has 0 unspecified atom stereocenters. The normalized spacial score (nSPS) is 10.9. The van der Waals surface area contributed by atoms with Crippen LogP contribution in [0.2, 0.25) is 0 Å². The number of benzene rings is 1. The highest BCUT2D eigenvalue weighted by atomic mass is 19.3. The summed E-state index contributed by atoms with van der Waals surface area (Å²) in [7, 11) is 1.37. The minimum absolute atomic E-state index is 0.0619. The Morgan fingerprint density at radius 3 is 2.76 bits per heavy atom. The van der Waals surface area contributed by atoms with E-state index in [9.17, 15) is 13.6 Å². The Labute approximate surface area is 117 Å². The van der Waals surface area contributed by atoms with Gasteiger partial charge in [-0.3, -0.25) is 0 Å². The molecule has 8 heteroatoms. The monoisotopic (exact) mass is 299 g/mol. The van der Waals surface area contributed by atoms with Crippen LogP contribution in [0.25, 0.3) is 11.5 Å². The Morgan fingerprint density at radius 1 is 1.43 bits per heavy atom. The molecular formula is C13H11F2NO5. The predicted octanol–water partition coefficient (Wildman–Crippen LogP) is 2.79. The predicted molar refractivity (Wildman–Crippen MR) is 66.2 cm³/mol. The van der Waals surface area contributed by atoms with Gasteiger partial charge in [-0.2, -0.15) is 8.78 Å². The van der Waals surface area contributed by atoms with E-state index in [-0.39, 0.29) is 29.5 Å². The fourth-order valence-corrected chi connectivity index (χ4v) is 1.71. The fourth-order valence-electron chi connectivity index (χ4n) is 1.71. The Balaban J connectivity index is 2.47. The molecule has 0 atom stereocenters. The molecule has 21 heavy (non-hydrogen) atoms. The molecule has 0 aliphatic heterocycles. The fraction of sp³-hybridized carbons (Fsp3) is 0.231. The molecule has 1 aromatic carbocycles. The molecule has 1 N–H and O–H groups in total. The van der Waals surface area contributed by atoms with Crippen LogP contribution in [0.5, 0.6) is 5.75 Å². The zero-order chi connectivity index (χ0) is 15.4. The molecular weight excluding hydrogens is 288 g/mol. The van der Waals surface area contributed by atoms with E-state index in [0.717, 1.165) is 0 Å². The third-order valence-corrected chi connectivity index (χ3v) is 2.51. The van der Waals surface area contributed by atoms with E-state index < -0.39 is 18.3 Å². The number of alkyl halides is 2. The number of halogens is 2. The Kier molecular flexibility index (Phi) is 4.49. The van der Waals surface area contributed by atoms with Crippen LogP contribution in [0.1, 0.15) is 16.2 Å².